The predicted octanol–water partition coefficient (Wildman–Crippen LogP) is 2.78. The van der Waals surface area contributed by atoms with Gasteiger partial charge in [-0.05, 0) is 43.4 Å². The van der Waals surface area contributed by atoms with E-state index in [1.54, 1.807) is 6.07 Å². The van der Waals surface area contributed by atoms with Crippen molar-refractivity contribution in [1.82, 2.24) is 15.5 Å². The highest BCUT2D eigenvalue weighted by molar-refractivity contribution is 5.94. The zero-order valence-corrected chi connectivity index (χ0v) is 14.0. The molecule has 0 radical (unpaired) electrons. The minimum atomic E-state index is -0.619. The first kappa shape index (κ1) is 17.1. The summed E-state index contributed by atoms with van der Waals surface area (Å²) in [5.74, 6) is 0.769. The Morgan fingerprint density at radius 1 is 1.40 bits per heavy atom. The average molecular weight is 342 g/mol. The number of hydrogen-bond acceptors (Lipinski definition) is 5. The molecular formula is C18H19FN4O2. The van der Waals surface area contributed by atoms with Gasteiger partial charge in [0.05, 0.1) is 5.56 Å². The standard InChI is InChI=1S/C18H19FN4O2/c1-2-16-22-23-17(25-16)8-11-3-5-14(7-11)21-18(24)12-4-6-15(19)13(9-12)10-20/h4,6,9,11,14H,2-3,5,7-8H2,1H3,(H,21,24)/t11-,14+/m1/s1. The third-order valence-electron chi connectivity index (χ3n) is 4.50. The molecule has 1 fully saturated rings. The number of hydrogen-bond donors (Lipinski definition) is 1. The van der Waals surface area contributed by atoms with E-state index in [9.17, 15) is 9.18 Å². The zero-order chi connectivity index (χ0) is 17.8. The predicted molar refractivity (Wildman–Crippen MR) is 87.1 cm³/mol. The van der Waals surface area contributed by atoms with Gasteiger partial charge in [-0.1, -0.05) is 6.92 Å². The second-order valence-electron chi connectivity index (χ2n) is 6.30. The van der Waals surface area contributed by atoms with Crippen LogP contribution in [0.25, 0.3) is 0 Å². The average Bonchev–Trinajstić information content (AvgIpc) is 3.25. The van der Waals surface area contributed by atoms with Gasteiger partial charge in [0.1, 0.15) is 11.9 Å². The Morgan fingerprint density at radius 3 is 2.92 bits per heavy atom. The minimum absolute atomic E-state index is 0.0571. The number of carbonyl (C=O) groups is 1. The van der Waals surface area contributed by atoms with Crippen LogP contribution in [0.15, 0.2) is 22.6 Å². The molecule has 1 amide bonds. The Bertz CT molecular complexity index is 812. The first-order chi connectivity index (χ1) is 12.1. The molecule has 0 aliphatic heterocycles. The van der Waals surface area contributed by atoms with Crippen LogP contribution in [-0.2, 0) is 12.8 Å². The molecule has 1 saturated carbocycles. The highest BCUT2D eigenvalue weighted by Gasteiger charge is 2.27. The van der Waals surface area contributed by atoms with Crippen LogP contribution in [0.3, 0.4) is 0 Å². The van der Waals surface area contributed by atoms with Crippen molar-refractivity contribution >= 4 is 5.91 Å². The van der Waals surface area contributed by atoms with E-state index in [2.05, 4.69) is 15.5 Å². The monoisotopic (exact) mass is 342 g/mol. The van der Waals surface area contributed by atoms with Crippen molar-refractivity contribution in [3.8, 4) is 6.07 Å². The topological polar surface area (TPSA) is 91.8 Å². The summed E-state index contributed by atoms with van der Waals surface area (Å²) in [6.07, 6.45) is 4.12. The van der Waals surface area contributed by atoms with Gasteiger partial charge in [0.15, 0.2) is 0 Å². The zero-order valence-electron chi connectivity index (χ0n) is 14.0. The van der Waals surface area contributed by atoms with Crippen LogP contribution in [0, 0.1) is 23.1 Å². The lowest BCUT2D eigenvalue weighted by atomic mass is 10.0. The molecule has 7 heteroatoms. The lowest BCUT2D eigenvalue weighted by Gasteiger charge is -2.13. The smallest absolute Gasteiger partial charge is 0.251 e. The third-order valence-corrected chi connectivity index (χ3v) is 4.50. The molecule has 0 saturated heterocycles. The van der Waals surface area contributed by atoms with E-state index < -0.39 is 5.82 Å². The largest absolute Gasteiger partial charge is 0.425 e. The number of aryl methyl sites for hydroxylation is 1. The second-order valence-corrected chi connectivity index (χ2v) is 6.30. The van der Waals surface area contributed by atoms with E-state index in [1.807, 2.05) is 6.92 Å². The first-order valence-electron chi connectivity index (χ1n) is 8.40. The quantitative estimate of drug-likeness (QED) is 0.902. The van der Waals surface area contributed by atoms with Gasteiger partial charge in [0.25, 0.3) is 5.91 Å². The molecule has 1 aromatic carbocycles. The minimum Gasteiger partial charge on any atom is -0.425 e. The van der Waals surface area contributed by atoms with Crippen molar-refractivity contribution in [2.75, 3.05) is 0 Å². The van der Waals surface area contributed by atoms with E-state index in [-0.39, 0.29) is 17.5 Å². The Hall–Kier alpha value is -2.75. The van der Waals surface area contributed by atoms with Crippen molar-refractivity contribution in [3.63, 3.8) is 0 Å². The van der Waals surface area contributed by atoms with Gasteiger partial charge in [-0.15, -0.1) is 10.2 Å². The number of nitriles is 1. The molecular weight excluding hydrogens is 323 g/mol. The van der Waals surface area contributed by atoms with Gasteiger partial charge in [-0.3, -0.25) is 4.79 Å². The third kappa shape index (κ3) is 4.02. The Labute approximate surface area is 145 Å². The number of benzene rings is 1. The lowest BCUT2D eigenvalue weighted by molar-refractivity contribution is 0.0937. The summed E-state index contributed by atoms with van der Waals surface area (Å²) in [5.41, 5.74) is 0.172. The van der Waals surface area contributed by atoms with Crippen molar-refractivity contribution < 1.29 is 13.6 Å². The molecule has 2 atom stereocenters. The fourth-order valence-corrected chi connectivity index (χ4v) is 3.17. The molecule has 0 unspecified atom stereocenters. The van der Waals surface area contributed by atoms with Crippen molar-refractivity contribution in [2.24, 2.45) is 5.92 Å². The molecule has 1 aliphatic carbocycles. The van der Waals surface area contributed by atoms with Gasteiger partial charge in [-0.25, -0.2) is 4.39 Å². The molecule has 1 aliphatic rings. The molecule has 1 N–H and O–H groups in total. The van der Waals surface area contributed by atoms with E-state index in [0.717, 1.165) is 31.7 Å². The molecule has 1 aromatic heterocycles. The Kier molecular flexibility index (Phi) is 5.08. The number of carbonyl (C=O) groups excluding carboxylic acids is 1. The molecule has 6 nitrogen and oxygen atoms in total. The van der Waals surface area contributed by atoms with Gasteiger partial charge in [0, 0.05) is 24.4 Å². The molecule has 3 rings (SSSR count). The summed E-state index contributed by atoms with van der Waals surface area (Å²) >= 11 is 0. The maximum absolute atomic E-state index is 13.3. The van der Waals surface area contributed by atoms with Gasteiger partial charge in [-0.2, -0.15) is 5.26 Å². The highest BCUT2D eigenvalue weighted by atomic mass is 19.1. The number of halogens is 1. The van der Waals surface area contributed by atoms with Crippen LogP contribution in [0.2, 0.25) is 0 Å². The summed E-state index contributed by atoms with van der Waals surface area (Å²) in [4.78, 5) is 12.3. The van der Waals surface area contributed by atoms with Crippen molar-refractivity contribution in [1.29, 1.82) is 5.26 Å². The number of aromatic nitrogens is 2. The fraction of sp³-hybridized carbons (Fsp3) is 0.444. The molecule has 1 heterocycles. The Morgan fingerprint density at radius 2 is 2.20 bits per heavy atom. The number of amides is 1. The Balaban J connectivity index is 1.55. The van der Waals surface area contributed by atoms with Crippen molar-refractivity contribution in [2.45, 2.75) is 45.1 Å². The van der Waals surface area contributed by atoms with Crippen LogP contribution in [0.4, 0.5) is 4.39 Å². The highest BCUT2D eigenvalue weighted by Crippen LogP contribution is 2.28. The maximum Gasteiger partial charge on any atom is 0.251 e. The van der Waals surface area contributed by atoms with Gasteiger partial charge >= 0.3 is 0 Å². The summed E-state index contributed by atoms with van der Waals surface area (Å²) in [6, 6.07) is 5.62. The lowest BCUT2D eigenvalue weighted by Crippen LogP contribution is -2.33. The van der Waals surface area contributed by atoms with Gasteiger partial charge in [0.2, 0.25) is 11.8 Å². The summed E-state index contributed by atoms with van der Waals surface area (Å²) in [5, 5.41) is 19.8. The van der Waals surface area contributed by atoms with Crippen LogP contribution >= 0.6 is 0 Å². The van der Waals surface area contributed by atoms with Crippen LogP contribution in [-0.4, -0.2) is 22.1 Å². The molecule has 0 bridgehead atoms. The van der Waals surface area contributed by atoms with E-state index in [1.165, 1.54) is 12.1 Å². The number of nitrogens with zero attached hydrogens (tertiary/aromatic N) is 3. The van der Waals surface area contributed by atoms with E-state index >= 15 is 0 Å². The summed E-state index contributed by atoms with van der Waals surface area (Å²) in [7, 11) is 0. The number of nitrogens with one attached hydrogen (secondary N) is 1. The van der Waals surface area contributed by atoms with Crippen LogP contribution < -0.4 is 5.32 Å². The molecule has 0 spiro atoms. The SMILES string of the molecule is CCc1nnc(C[C@@H]2CC[C@H](NC(=O)c3ccc(F)c(C#N)c3)C2)o1. The summed E-state index contributed by atoms with van der Waals surface area (Å²) < 4.78 is 18.9. The second kappa shape index (κ2) is 7.43. The maximum atomic E-state index is 13.3. The van der Waals surface area contributed by atoms with E-state index in [4.69, 9.17) is 9.68 Å². The van der Waals surface area contributed by atoms with Crippen molar-refractivity contribution in [3.05, 3.63) is 46.9 Å². The van der Waals surface area contributed by atoms with Crippen LogP contribution in [0.5, 0.6) is 0 Å². The summed E-state index contributed by atoms with van der Waals surface area (Å²) in [6.45, 7) is 1.96. The first-order valence-corrected chi connectivity index (χ1v) is 8.40. The normalized spacial score (nSPS) is 19.6. The number of rotatable bonds is 5. The molecule has 130 valence electrons. The molecule has 25 heavy (non-hydrogen) atoms. The molecule has 2 aromatic rings. The van der Waals surface area contributed by atoms with E-state index in [0.29, 0.717) is 29.7 Å². The van der Waals surface area contributed by atoms with Crippen LogP contribution in [0.1, 0.15) is 53.9 Å². The van der Waals surface area contributed by atoms with Gasteiger partial charge < -0.3 is 9.73 Å². The fourth-order valence-electron chi connectivity index (χ4n) is 3.17.